The molecule has 0 atom stereocenters. The standard InChI is InChI=1S/C17H18FN3OS.C2HF3O2/c18-14-3-1-2-13(6-14)7-20-9-17(10-20)4-5-21(11-17)16(22)15-8-23-12-19-15;3-2(4,5)1(6)7/h1-3,6,8,12H,4-5,7,9-11H2;(H,6,7). The molecule has 0 unspecified atom stereocenters. The van der Waals surface area contributed by atoms with Crippen LogP contribution in [0.3, 0.4) is 0 Å². The second-order valence-corrected chi connectivity index (χ2v) is 8.15. The van der Waals surface area contributed by atoms with E-state index in [2.05, 4.69) is 9.88 Å². The van der Waals surface area contributed by atoms with Gasteiger partial charge in [-0.05, 0) is 24.1 Å². The Bertz CT molecular complexity index is 899. The Kier molecular flexibility index (Phi) is 6.41. The van der Waals surface area contributed by atoms with Crippen LogP contribution in [0, 0.1) is 11.2 Å². The summed E-state index contributed by atoms with van der Waals surface area (Å²) in [6, 6.07) is 6.78. The zero-order chi connectivity index (χ0) is 21.9. The lowest BCUT2D eigenvalue weighted by molar-refractivity contribution is -0.192. The maximum absolute atomic E-state index is 13.2. The van der Waals surface area contributed by atoms with Gasteiger partial charge in [-0.15, -0.1) is 11.3 Å². The fourth-order valence-electron chi connectivity index (χ4n) is 3.75. The molecule has 30 heavy (non-hydrogen) atoms. The van der Waals surface area contributed by atoms with Crippen molar-refractivity contribution in [1.82, 2.24) is 14.8 Å². The Morgan fingerprint density at radius 2 is 1.93 bits per heavy atom. The van der Waals surface area contributed by atoms with E-state index >= 15 is 0 Å². The molecule has 2 saturated heterocycles. The van der Waals surface area contributed by atoms with Gasteiger partial charge in [-0.1, -0.05) is 12.1 Å². The molecule has 0 saturated carbocycles. The molecule has 1 aromatic heterocycles. The molecule has 3 heterocycles. The smallest absolute Gasteiger partial charge is 0.475 e. The average molecular weight is 445 g/mol. The Hall–Kier alpha value is -2.53. The van der Waals surface area contributed by atoms with Gasteiger partial charge in [0.15, 0.2) is 0 Å². The highest BCUT2D eigenvalue weighted by molar-refractivity contribution is 7.07. The number of likely N-dealkylation sites (tertiary alicyclic amines) is 2. The fourth-order valence-corrected chi connectivity index (χ4v) is 4.28. The molecular formula is C19H19F4N3O3S. The lowest BCUT2D eigenvalue weighted by atomic mass is 9.79. The summed E-state index contributed by atoms with van der Waals surface area (Å²) in [5.74, 6) is -2.89. The normalized spacial score (nSPS) is 17.9. The third kappa shape index (κ3) is 5.33. The van der Waals surface area contributed by atoms with Crippen molar-refractivity contribution in [3.05, 3.63) is 52.2 Å². The number of carboxylic acid groups (broad SMARTS) is 1. The molecule has 162 valence electrons. The van der Waals surface area contributed by atoms with Crippen LogP contribution < -0.4 is 0 Å². The molecule has 1 amide bonds. The lowest BCUT2D eigenvalue weighted by Gasteiger charge is -2.48. The summed E-state index contributed by atoms with van der Waals surface area (Å²) in [6.07, 6.45) is -4.04. The maximum atomic E-state index is 13.2. The van der Waals surface area contributed by atoms with E-state index < -0.39 is 12.1 Å². The van der Waals surface area contributed by atoms with E-state index in [1.54, 1.807) is 17.6 Å². The number of aliphatic carboxylic acids is 1. The zero-order valence-electron chi connectivity index (χ0n) is 15.7. The van der Waals surface area contributed by atoms with Crippen LogP contribution in [0.4, 0.5) is 17.6 Å². The van der Waals surface area contributed by atoms with Gasteiger partial charge in [0.25, 0.3) is 5.91 Å². The van der Waals surface area contributed by atoms with Gasteiger partial charge in [0.1, 0.15) is 11.5 Å². The minimum Gasteiger partial charge on any atom is -0.475 e. The van der Waals surface area contributed by atoms with Gasteiger partial charge < -0.3 is 10.0 Å². The Labute approximate surface area is 173 Å². The molecular weight excluding hydrogens is 426 g/mol. The molecule has 0 aliphatic carbocycles. The molecule has 0 radical (unpaired) electrons. The fraction of sp³-hybridized carbons (Fsp3) is 0.421. The number of carboxylic acids is 1. The third-order valence-electron chi connectivity index (χ3n) is 5.03. The van der Waals surface area contributed by atoms with Gasteiger partial charge in [-0.2, -0.15) is 13.2 Å². The van der Waals surface area contributed by atoms with E-state index in [0.717, 1.165) is 44.7 Å². The van der Waals surface area contributed by atoms with Crippen molar-refractivity contribution in [3.63, 3.8) is 0 Å². The summed E-state index contributed by atoms with van der Waals surface area (Å²) < 4.78 is 45.0. The first-order valence-corrected chi connectivity index (χ1v) is 9.97. The number of thiazole rings is 1. The molecule has 1 spiro atoms. The van der Waals surface area contributed by atoms with Gasteiger partial charge >= 0.3 is 12.1 Å². The van der Waals surface area contributed by atoms with E-state index in [1.807, 2.05) is 16.3 Å². The van der Waals surface area contributed by atoms with Crippen LogP contribution in [0.15, 0.2) is 35.2 Å². The van der Waals surface area contributed by atoms with Crippen molar-refractivity contribution in [1.29, 1.82) is 0 Å². The number of carbonyl (C=O) groups excluding carboxylic acids is 1. The van der Waals surface area contributed by atoms with Gasteiger partial charge in [0.2, 0.25) is 0 Å². The predicted molar refractivity (Wildman–Crippen MR) is 100 cm³/mol. The summed E-state index contributed by atoms with van der Waals surface area (Å²) in [5.41, 5.74) is 3.48. The molecule has 1 N–H and O–H groups in total. The molecule has 2 fully saturated rings. The first kappa shape index (κ1) is 22.2. The van der Waals surface area contributed by atoms with E-state index in [1.165, 1.54) is 17.4 Å². The van der Waals surface area contributed by atoms with Crippen LogP contribution >= 0.6 is 11.3 Å². The SMILES string of the molecule is O=C(O)C(F)(F)F.O=C(c1cscn1)N1CCC2(CN(Cc3cccc(F)c3)C2)C1. The van der Waals surface area contributed by atoms with Crippen LogP contribution in [0.1, 0.15) is 22.5 Å². The van der Waals surface area contributed by atoms with Crippen LogP contribution in [0.5, 0.6) is 0 Å². The Balaban J connectivity index is 0.000000318. The Morgan fingerprint density at radius 1 is 1.23 bits per heavy atom. The third-order valence-corrected chi connectivity index (χ3v) is 5.62. The molecule has 0 bridgehead atoms. The second-order valence-electron chi connectivity index (χ2n) is 7.43. The number of benzene rings is 1. The number of aromatic nitrogens is 1. The van der Waals surface area contributed by atoms with E-state index in [0.29, 0.717) is 5.69 Å². The number of nitrogens with zero attached hydrogens (tertiary/aromatic N) is 3. The molecule has 2 aliphatic rings. The number of rotatable bonds is 3. The van der Waals surface area contributed by atoms with E-state index in [4.69, 9.17) is 9.90 Å². The van der Waals surface area contributed by atoms with Crippen LogP contribution in [0.2, 0.25) is 0 Å². The Morgan fingerprint density at radius 3 is 2.50 bits per heavy atom. The number of alkyl halides is 3. The van der Waals surface area contributed by atoms with E-state index in [-0.39, 0.29) is 17.1 Å². The summed E-state index contributed by atoms with van der Waals surface area (Å²) in [6.45, 7) is 4.35. The first-order chi connectivity index (χ1) is 14.1. The molecule has 2 aromatic rings. The van der Waals surface area contributed by atoms with Crippen molar-refractivity contribution < 1.29 is 32.3 Å². The van der Waals surface area contributed by atoms with Crippen molar-refractivity contribution >= 4 is 23.2 Å². The maximum Gasteiger partial charge on any atom is 0.490 e. The summed E-state index contributed by atoms with van der Waals surface area (Å²) >= 11 is 1.45. The topological polar surface area (TPSA) is 73.7 Å². The van der Waals surface area contributed by atoms with Crippen LogP contribution in [-0.4, -0.2) is 64.1 Å². The minimum atomic E-state index is -5.08. The van der Waals surface area contributed by atoms with Crippen molar-refractivity contribution in [2.45, 2.75) is 19.1 Å². The zero-order valence-corrected chi connectivity index (χ0v) is 16.5. The van der Waals surface area contributed by atoms with E-state index in [9.17, 15) is 22.4 Å². The largest absolute Gasteiger partial charge is 0.490 e. The minimum absolute atomic E-state index is 0.0479. The highest BCUT2D eigenvalue weighted by Crippen LogP contribution is 2.40. The number of halogens is 4. The van der Waals surface area contributed by atoms with Gasteiger partial charge in [-0.25, -0.2) is 14.2 Å². The first-order valence-electron chi connectivity index (χ1n) is 9.02. The highest BCUT2D eigenvalue weighted by atomic mass is 32.1. The summed E-state index contributed by atoms with van der Waals surface area (Å²) in [5, 5.41) is 8.93. The van der Waals surface area contributed by atoms with Gasteiger partial charge in [-0.3, -0.25) is 9.69 Å². The molecule has 1 aromatic carbocycles. The second kappa shape index (κ2) is 8.68. The average Bonchev–Trinajstić information content (AvgIpc) is 3.31. The summed E-state index contributed by atoms with van der Waals surface area (Å²) in [4.78, 5) is 29.6. The van der Waals surface area contributed by atoms with Gasteiger partial charge in [0, 0.05) is 43.5 Å². The summed E-state index contributed by atoms with van der Waals surface area (Å²) in [7, 11) is 0. The van der Waals surface area contributed by atoms with Crippen LogP contribution in [0.25, 0.3) is 0 Å². The molecule has 11 heteroatoms. The van der Waals surface area contributed by atoms with Gasteiger partial charge in [0.05, 0.1) is 5.51 Å². The van der Waals surface area contributed by atoms with Crippen molar-refractivity contribution in [2.24, 2.45) is 5.41 Å². The molecule has 4 rings (SSSR count). The van der Waals surface area contributed by atoms with Crippen LogP contribution in [-0.2, 0) is 11.3 Å². The molecule has 6 nitrogen and oxygen atoms in total. The predicted octanol–water partition coefficient (Wildman–Crippen LogP) is 3.26. The monoisotopic (exact) mass is 445 g/mol. The number of hydrogen-bond donors (Lipinski definition) is 1. The quantitative estimate of drug-likeness (QED) is 0.735. The number of amides is 1. The van der Waals surface area contributed by atoms with Crippen molar-refractivity contribution in [3.8, 4) is 0 Å². The number of carbonyl (C=O) groups is 2. The lowest BCUT2D eigenvalue weighted by Crippen LogP contribution is -2.57. The van der Waals surface area contributed by atoms with Crippen molar-refractivity contribution in [2.75, 3.05) is 26.2 Å². The molecule has 2 aliphatic heterocycles. The highest BCUT2D eigenvalue weighted by Gasteiger charge is 2.48. The number of hydrogen-bond acceptors (Lipinski definition) is 5.